The van der Waals surface area contributed by atoms with Gasteiger partial charge in [-0.05, 0) is 0 Å². The maximum Gasteiger partial charge on any atom is 0.316 e. The van der Waals surface area contributed by atoms with Crippen LogP contribution in [-0.2, 0) is 38.6 Å². The van der Waals surface area contributed by atoms with Gasteiger partial charge in [-0.15, -0.1) is 153 Å². The highest BCUT2D eigenvalue weighted by atomic mass is 32.2. The highest BCUT2D eigenvalue weighted by Crippen LogP contribution is 2.21. The second-order valence-corrected chi connectivity index (χ2v) is 22.6. The minimum atomic E-state index is -0.203. The molecule has 0 bridgehead atoms. The number of carbonyl (C=O) groups excluding carboxylic acids is 2. The highest BCUT2D eigenvalue weighted by Gasteiger charge is 2.05. The summed E-state index contributed by atoms with van der Waals surface area (Å²) in [4.78, 5) is 43.9. The van der Waals surface area contributed by atoms with Crippen LogP contribution in [0.2, 0.25) is 0 Å². The lowest BCUT2D eigenvalue weighted by Gasteiger charge is -2.06. The summed E-state index contributed by atoms with van der Waals surface area (Å²) >= 11 is 21.0. The highest BCUT2D eigenvalue weighted by molar-refractivity contribution is 8.23. The van der Waals surface area contributed by atoms with E-state index < -0.39 is 0 Å². The summed E-state index contributed by atoms with van der Waals surface area (Å²) in [6, 6.07) is 0. The van der Waals surface area contributed by atoms with Gasteiger partial charge in [0.15, 0.2) is 0 Å². The van der Waals surface area contributed by atoms with Crippen molar-refractivity contribution in [2.24, 2.45) is 0 Å². The number of esters is 2. The fourth-order valence-electron chi connectivity index (χ4n) is 1.89. The first-order valence-electron chi connectivity index (χ1n) is 12.7. The minimum Gasteiger partial charge on any atom is -0.454 e. The van der Waals surface area contributed by atoms with Crippen molar-refractivity contribution in [3.63, 3.8) is 0 Å². The van der Waals surface area contributed by atoms with Crippen molar-refractivity contribution in [2.75, 3.05) is 113 Å². The molecular weight excluding hydrogens is 841 g/mol. The van der Waals surface area contributed by atoms with Crippen LogP contribution < -0.4 is 0 Å². The van der Waals surface area contributed by atoms with E-state index in [4.69, 9.17) is 39.2 Å². The molecule has 0 saturated carbocycles. The van der Waals surface area contributed by atoms with Gasteiger partial charge in [-0.25, -0.2) is 19.6 Å². The van der Waals surface area contributed by atoms with Crippen LogP contribution in [0.1, 0.15) is 0 Å². The van der Waals surface area contributed by atoms with Crippen LogP contribution in [0.5, 0.6) is 0 Å². The molecule has 0 rings (SSSR count). The Balaban J connectivity index is 3.18. The Morgan fingerprint density at radius 2 is 0.756 bits per heavy atom. The fraction of sp³-hybridized carbons (Fsp3) is 0.909. The predicted molar refractivity (Wildman–Crippen MR) is 217 cm³/mol. The molecule has 268 valence electrons. The van der Waals surface area contributed by atoms with Gasteiger partial charge in [-0.2, -0.15) is 0 Å². The Bertz CT molecular complexity index is 638. The van der Waals surface area contributed by atoms with Crippen molar-refractivity contribution in [1.29, 1.82) is 0 Å². The van der Waals surface area contributed by atoms with E-state index >= 15 is 0 Å². The normalized spacial score (nSPS) is 11.2. The topological polar surface area (TPSA) is 130 Å². The molecule has 0 saturated heterocycles. The zero-order valence-corrected chi connectivity index (χ0v) is 35.2. The molecule has 10 nitrogen and oxygen atoms in total. The van der Waals surface area contributed by atoms with Crippen LogP contribution in [0, 0.1) is 0 Å². The third-order valence-electron chi connectivity index (χ3n) is 3.61. The number of ether oxygens (including phenoxy) is 2. The zero-order valence-electron chi connectivity index (χ0n) is 24.6. The number of aliphatic hydroxyl groups excluding tert-OH is 2. The van der Waals surface area contributed by atoms with Crippen LogP contribution in [0.25, 0.3) is 0 Å². The SMILES string of the molecule is O=C(CSCSCSCCOOCSCSCSCOC(=O)CSCSCSCCOOCSCSCO)OCSCSCO. The first-order chi connectivity index (χ1) is 22.2. The number of carbonyl (C=O) groups is 2. The molecule has 0 aromatic rings. The summed E-state index contributed by atoms with van der Waals surface area (Å²) in [7, 11) is 0. The lowest BCUT2D eigenvalue weighted by Crippen LogP contribution is -2.07. The zero-order chi connectivity index (χ0) is 32.7. The second kappa shape index (κ2) is 43.4. The molecule has 0 amide bonds. The maximum atomic E-state index is 11.8. The lowest BCUT2D eigenvalue weighted by atomic mass is 10.8. The Labute approximate surface area is 322 Å². The standard InChI is InChI=1S/C22H42O10S13/c23-7-37-17-39-9-27-21(25)5-35-15-43-14-34-4-2-30-32-12-42-20-45-19-40-10-28-22(26)6-36-16-44-13-33-3-1-29-31-11-41-18-38-8-24/h23-24H,1-20H2. The smallest absolute Gasteiger partial charge is 0.316 e. The van der Waals surface area contributed by atoms with Crippen LogP contribution in [0.3, 0.4) is 0 Å². The van der Waals surface area contributed by atoms with Gasteiger partial charge >= 0.3 is 11.9 Å². The van der Waals surface area contributed by atoms with Crippen LogP contribution in [-0.4, -0.2) is 135 Å². The summed E-state index contributed by atoms with van der Waals surface area (Å²) in [6.07, 6.45) is 0. The molecule has 0 unspecified atom stereocenters. The molecule has 0 aliphatic carbocycles. The van der Waals surface area contributed by atoms with Crippen molar-refractivity contribution < 1.29 is 48.8 Å². The first kappa shape index (κ1) is 48.2. The summed E-state index contributed by atoms with van der Waals surface area (Å²) in [5.74, 6) is 3.86. The molecular formula is C22H42O10S13. The third kappa shape index (κ3) is 43.3. The van der Waals surface area contributed by atoms with Crippen LogP contribution >= 0.6 is 153 Å². The molecule has 0 aromatic heterocycles. The second-order valence-electron chi connectivity index (χ2n) is 6.94. The largest absolute Gasteiger partial charge is 0.454 e. The van der Waals surface area contributed by atoms with Crippen LogP contribution in [0.4, 0.5) is 0 Å². The molecule has 0 aromatic carbocycles. The van der Waals surface area contributed by atoms with Gasteiger partial charge in [0.25, 0.3) is 0 Å². The lowest BCUT2D eigenvalue weighted by molar-refractivity contribution is -0.274. The van der Waals surface area contributed by atoms with Gasteiger partial charge in [0.05, 0.1) is 36.6 Å². The maximum absolute atomic E-state index is 11.8. The van der Waals surface area contributed by atoms with Gasteiger partial charge in [-0.1, -0.05) is 0 Å². The van der Waals surface area contributed by atoms with Gasteiger partial charge in [0, 0.05) is 52.2 Å². The average Bonchev–Trinajstić information content (AvgIpc) is 3.04. The van der Waals surface area contributed by atoms with Crippen molar-refractivity contribution in [3.05, 3.63) is 0 Å². The van der Waals surface area contributed by atoms with E-state index in [2.05, 4.69) is 0 Å². The number of aliphatic hydroxyl groups is 2. The molecule has 0 heterocycles. The van der Waals surface area contributed by atoms with Gasteiger partial charge in [0.1, 0.15) is 23.8 Å². The Morgan fingerprint density at radius 1 is 0.400 bits per heavy atom. The summed E-state index contributed by atoms with van der Waals surface area (Å²) in [6.45, 7) is 1.06. The third-order valence-corrected chi connectivity index (χ3v) is 17.5. The molecule has 2 N–H and O–H groups in total. The average molecular weight is 883 g/mol. The van der Waals surface area contributed by atoms with Crippen LogP contribution in [0.15, 0.2) is 0 Å². The van der Waals surface area contributed by atoms with Gasteiger partial charge in [-0.3, -0.25) is 9.59 Å². The van der Waals surface area contributed by atoms with Crippen molar-refractivity contribution in [1.82, 2.24) is 0 Å². The monoisotopic (exact) mass is 882 g/mol. The van der Waals surface area contributed by atoms with Crippen molar-refractivity contribution in [3.8, 4) is 0 Å². The number of hydrogen-bond acceptors (Lipinski definition) is 23. The van der Waals surface area contributed by atoms with Crippen molar-refractivity contribution in [2.45, 2.75) is 0 Å². The Kier molecular flexibility index (Phi) is 46.5. The van der Waals surface area contributed by atoms with E-state index in [-0.39, 0.29) is 23.8 Å². The number of hydrogen-bond donors (Lipinski definition) is 2. The molecule has 0 aliphatic heterocycles. The van der Waals surface area contributed by atoms with Crippen molar-refractivity contribution >= 4 is 165 Å². The molecule has 0 radical (unpaired) electrons. The number of rotatable bonds is 38. The first-order valence-corrected chi connectivity index (χ1v) is 27.7. The Hall–Kier alpha value is 3.25. The van der Waals surface area contributed by atoms with Gasteiger partial charge < -0.3 is 19.7 Å². The molecule has 0 spiro atoms. The molecule has 0 aliphatic rings. The van der Waals surface area contributed by atoms with E-state index in [1.807, 2.05) is 0 Å². The molecule has 23 heteroatoms. The van der Waals surface area contributed by atoms with E-state index in [0.29, 0.717) is 53.6 Å². The number of thioether (sulfide) groups is 13. The van der Waals surface area contributed by atoms with E-state index in [0.717, 1.165) is 47.1 Å². The summed E-state index contributed by atoms with van der Waals surface area (Å²) < 4.78 is 10.3. The minimum absolute atomic E-state index is 0.0818. The van der Waals surface area contributed by atoms with E-state index in [1.165, 1.54) is 35.3 Å². The predicted octanol–water partition coefficient (Wildman–Crippen LogP) is 6.89. The molecule has 45 heavy (non-hydrogen) atoms. The van der Waals surface area contributed by atoms with Gasteiger partial charge in [0.2, 0.25) is 0 Å². The summed E-state index contributed by atoms with van der Waals surface area (Å²) in [5.41, 5.74) is 0. The summed E-state index contributed by atoms with van der Waals surface area (Å²) in [5, 5.41) is 24.1. The molecule has 0 fully saturated rings. The van der Waals surface area contributed by atoms with E-state index in [1.54, 1.807) is 118 Å². The molecule has 0 atom stereocenters. The quantitative estimate of drug-likeness (QED) is 0.0219. The van der Waals surface area contributed by atoms with E-state index in [9.17, 15) is 9.59 Å². The fourth-order valence-corrected chi connectivity index (χ4v) is 13.2. The Morgan fingerprint density at radius 3 is 1.18 bits per heavy atom.